The molecular weight excluding hydrogens is 673 g/mol. The van der Waals surface area contributed by atoms with Crippen molar-refractivity contribution in [3.8, 4) is 0 Å². The van der Waals surface area contributed by atoms with E-state index in [1.165, 1.54) is 17.7 Å². The lowest BCUT2D eigenvalue weighted by Gasteiger charge is -2.41. The van der Waals surface area contributed by atoms with Crippen LogP contribution in [0.25, 0.3) is 0 Å². The van der Waals surface area contributed by atoms with Crippen LogP contribution in [-0.2, 0) is 32.3 Å². The molecule has 4 aromatic rings. The predicted octanol–water partition coefficient (Wildman–Crippen LogP) is 7.89. The third-order valence-corrected chi connectivity index (χ3v) is 9.35. The quantitative estimate of drug-likeness (QED) is 0.0711. The van der Waals surface area contributed by atoms with Crippen molar-refractivity contribution in [3.05, 3.63) is 182 Å². The summed E-state index contributed by atoms with van der Waals surface area (Å²) in [6, 6.07) is 38.8. The second-order valence-electron chi connectivity index (χ2n) is 13.1. The Morgan fingerprint density at radius 2 is 1.37 bits per heavy atom. The molecule has 8 heteroatoms. The molecule has 0 unspecified atom stereocenters. The zero-order valence-electron chi connectivity index (χ0n) is 30.5. The number of likely N-dealkylation sites (tertiary alicyclic amines) is 1. The van der Waals surface area contributed by atoms with Crippen LogP contribution in [0.3, 0.4) is 0 Å². The van der Waals surface area contributed by atoms with Crippen molar-refractivity contribution in [3.63, 3.8) is 0 Å². The molecule has 4 amide bonds. The molecule has 7 rings (SSSR count). The van der Waals surface area contributed by atoms with Gasteiger partial charge >= 0.3 is 0 Å². The van der Waals surface area contributed by atoms with E-state index in [0.717, 1.165) is 48.6 Å². The molecule has 2 heterocycles. The average molecular weight is 721 g/mol. The minimum absolute atomic E-state index is 0.0598. The lowest BCUT2D eigenvalue weighted by molar-refractivity contribution is -0.147. The van der Waals surface area contributed by atoms with Crippen molar-refractivity contribution in [2.75, 3.05) is 23.3 Å². The van der Waals surface area contributed by atoms with Gasteiger partial charge in [-0.2, -0.15) is 0 Å². The molecule has 8 nitrogen and oxygen atoms in total. The maximum absolute atomic E-state index is 13.2. The fourth-order valence-corrected chi connectivity index (χ4v) is 6.65. The smallest absolute Gasteiger partial charge is 0.258 e. The molecule has 3 atom stereocenters. The van der Waals surface area contributed by atoms with E-state index in [2.05, 4.69) is 59.7 Å². The number of amides is 4. The summed E-state index contributed by atoms with van der Waals surface area (Å²) in [5.41, 5.74) is 3.85. The van der Waals surface area contributed by atoms with Crippen LogP contribution in [0, 0.1) is 17.8 Å². The summed E-state index contributed by atoms with van der Waals surface area (Å²) in [4.78, 5) is 51.6. The highest BCUT2D eigenvalue weighted by molar-refractivity contribution is 6.28. The molecule has 1 fully saturated rings. The first-order valence-corrected chi connectivity index (χ1v) is 18.4. The molecule has 3 aliphatic rings. The molecule has 0 radical (unpaired) electrons. The summed E-state index contributed by atoms with van der Waals surface area (Å²) in [7, 11) is 0. The van der Waals surface area contributed by atoms with E-state index >= 15 is 0 Å². The molecule has 0 spiro atoms. The number of imide groups is 1. The van der Waals surface area contributed by atoms with Gasteiger partial charge in [-0.05, 0) is 67.1 Å². The minimum Gasteiger partial charge on any atom is -0.338 e. The number of rotatable bonds is 11. The Morgan fingerprint density at radius 1 is 0.778 bits per heavy atom. The van der Waals surface area contributed by atoms with Crippen molar-refractivity contribution >= 4 is 35.0 Å². The number of nitrogens with zero attached hydrogens (tertiary/aromatic N) is 2. The van der Waals surface area contributed by atoms with Crippen LogP contribution >= 0.6 is 0 Å². The zero-order valence-corrected chi connectivity index (χ0v) is 30.5. The highest BCUT2D eigenvalue weighted by Crippen LogP contribution is 2.38. The number of anilines is 2. The standard InChI is InChI=1S/C23H24N2O2.C13H17N.C10H7NO2/c26-22(24-19-11-5-2-6-12-19)20-13-7-10-18-14-15-25(23(27)21(18)20)16-17-8-3-1-4-9-17;1-2-3-4-8-11-14-12-13-9-6-5-7-10-13;12-9-6-7-10(13)11(9)8-4-2-1-3-5-8/h1-12,18,20-21H,13-16H2,(H,24,26);2-7,9-10,14H,1,8,11-12H2;1-7H/b;4-3+;/t18-,20-,21+;;/m0../s1. The van der Waals surface area contributed by atoms with Gasteiger partial charge in [0.25, 0.3) is 11.8 Å². The Balaban J connectivity index is 0.000000174. The second-order valence-corrected chi connectivity index (χ2v) is 13.1. The number of piperidine rings is 1. The summed E-state index contributed by atoms with van der Waals surface area (Å²) in [6.07, 6.45) is 15.2. The Hall–Kier alpha value is -6.12. The molecule has 276 valence electrons. The minimum atomic E-state index is -0.314. The van der Waals surface area contributed by atoms with Gasteiger partial charge < -0.3 is 15.5 Å². The van der Waals surface area contributed by atoms with Crippen LogP contribution in [0.15, 0.2) is 170 Å². The molecule has 2 aliphatic heterocycles. The number of allylic oxidation sites excluding steroid dienone is 4. The van der Waals surface area contributed by atoms with E-state index in [1.54, 1.807) is 30.3 Å². The number of carbonyl (C=O) groups excluding carboxylic acids is 4. The lowest BCUT2D eigenvalue weighted by atomic mass is 9.71. The van der Waals surface area contributed by atoms with Gasteiger partial charge in [0.15, 0.2) is 0 Å². The SMILES string of the molecule is C=C/C=C/CCNCc1ccccc1.O=C(Nc1ccccc1)[C@H]1CC=C[C@H]2CCN(Cc3ccccc3)C(=O)[C@@H]12.O=C1C=CC(=O)N1c1ccccc1. The van der Waals surface area contributed by atoms with Gasteiger partial charge in [-0.3, -0.25) is 19.2 Å². The first-order valence-electron chi connectivity index (χ1n) is 18.4. The molecule has 54 heavy (non-hydrogen) atoms. The van der Waals surface area contributed by atoms with Gasteiger partial charge in [0.2, 0.25) is 11.8 Å². The zero-order chi connectivity index (χ0) is 38.0. The van der Waals surface area contributed by atoms with Crippen LogP contribution < -0.4 is 15.5 Å². The summed E-state index contributed by atoms with van der Waals surface area (Å²) < 4.78 is 0. The molecule has 1 saturated heterocycles. The highest BCUT2D eigenvalue weighted by atomic mass is 16.2. The first kappa shape index (κ1) is 39.1. The van der Waals surface area contributed by atoms with Crippen LogP contribution in [0.5, 0.6) is 0 Å². The normalized spacial score (nSPS) is 18.7. The summed E-state index contributed by atoms with van der Waals surface area (Å²) >= 11 is 0. The Morgan fingerprint density at radius 3 is 2.00 bits per heavy atom. The Kier molecular flexibility index (Phi) is 15.1. The third kappa shape index (κ3) is 11.4. The molecular formula is C46H48N4O4. The van der Waals surface area contributed by atoms with E-state index < -0.39 is 0 Å². The van der Waals surface area contributed by atoms with E-state index in [9.17, 15) is 19.2 Å². The maximum Gasteiger partial charge on any atom is 0.258 e. The van der Waals surface area contributed by atoms with E-state index in [1.807, 2.05) is 83.8 Å². The highest BCUT2D eigenvalue weighted by Gasteiger charge is 2.44. The Labute approximate surface area is 318 Å². The number of fused-ring (bicyclic) bond motifs is 1. The van der Waals surface area contributed by atoms with Gasteiger partial charge in [0.1, 0.15) is 0 Å². The fraction of sp³-hybridized carbons (Fsp3) is 0.217. The number of para-hydroxylation sites is 2. The van der Waals surface area contributed by atoms with Crippen LogP contribution in [-0.4, -0.2) is 41.6 Å². The van der Waals surface area contributed by atoms with Crippen LogP contribution in [0.2, 0.25) is 0 Å². The largest absolute Gasteiger partial charge is 0.338 e. The van der Waals surface area contributed by atoms with Crippen LogP contribution in [0.4, 0.5) is 11.4 Å². The monoisotopic (exact) mass is 720 g/mol. The first-order chi connectivity index (χ1) is 26.4. The average Bonchev–Trinajstić information content (AvgIpc) is 3.56. The number of carbonyl (C=O) groups is 4. The van der Waals surface area contributed by atoms with E-state index in [-0.39, 0.29) is 41.4 Å². The van der Waals surface area contributed by atoms with Crippen molar-refractivity contribution < 1.29 is 19.2 Å². The summed E-state index contributed by atoms with van der Waals surface area (Å²) in [5, 5.41) is 6.36. The van der Waals surface area contributed by atoms with E-state index in [4.69, 9.17) is 0 Å². The number of hydrogen-bond acceptors (Lipinski definition) is 5. The summed E-state index contributed by atoms with van der Waals surface area (Å²) in [5.74, 6) is -0.942. The van der Waals surface area contributed by atoms with Crippen molar-refractivity contribution in [1.82, 2.24) is 10.2 Å². The molecule has 4 aromatic carbocycles. The summed E-state index contributed by atoms with van der Waals surface area (Å²) in [6.45, 7) is 6.93. The van der Waals surface area contributed by atoms with Gasteiger partial charge in [0, 0.05) is 37.5 Å². The Bertz CT molecular complexity index is 1890. The molecule has 0 aromatic heterocycles. The molecule has 2 N–H and O–H groups in total. The van der Waals surface area contributed by atoms with Crippen LogP contribution in [0.1, 0.15) is 30.4 Å². The fourth-order valence-electron chi connectivity index (χ4n) is 6.65. The molecule has 1 aliphatic carbocycles. The van der Waals surface area contributed by atoms with Gasteiger partial charge in [-0.1, -0.05) is 134 Å². The second kappa shape index (κ2) is 20.8. The number of hydrogen-bond donors (Lipinski definition) is 2. The predicted molar refractivity (Wildman–Crippen MR) is 216 cm³/mol. The maximum atomic E-state index is 13.2. The third-order valence-electron chi connectivity index (χ3n) is 9.35. The van der Waals surface area contributed by atoms with E-state index in [0.29, 0.717) is 18.7 Å². The van der Waals surface area contributed by atoms with Crippen molar-refractivity contribution in [2.24, 2.45) is 17.8 Å². The van der Waals surface area contributed by atoms with Gasteiger partial charge in [-0.25, -0.2) is 4.90 Å². The number of benzene rings is 4. The number of nitrogens with one attached hydrogen (secondary N) is 2. The van der Waals surface area contributed by atoms with Gasteiger partial charge in [-0.15, -0.1) is 0 Å². The van der Waals surface area contributed by atoms with Crippen molar-refractivity contribution in [2.45, 2.75) is 32.4 Å². The molecule has 0 saturated carbocycles. The lowest BCUT2D eigenvalue weighted by Crippen LogP contribution is -2.50. The van der Waals surface area contributed by atoms with Crippen molar-refractivity contribution in [1.29, 1.82) is 0 Å². The molecule has 0 bridgehead atoms. The van der Waals surface area contributed by atoms with Gasteiger partial charge in [0.05, 0.1) is 17.5 Å². The topological polar surface area (TPSA) is 98.8 Å².